The van der Waals surface area contributed by atoms with E-state index in [1.165, 1.54) is 6.26 Å². The van der Waals surface area contributed by atoms with E-state index in [1.807, 2.05) is 0 Å². The van der Waals surface area contributed by atoms with Crippen LogP contribution >= 0.6 is 0 Å². The van der Waals surface area contributed by atoms with Gasteiger partial charge < -0.3 is 4.42 Å². The van der Waals surface area contributed by atoms with Gasteiger partial charge in [0.05, 0.1) is 12.9 Å². The number of rotatable bonds is 3. The second-order valence-electron chi connectivity index (χ2n) is 2.30. The van der Waals surface area contributed by atoms with E-state index < -0.39 is 0 Å². The minimum absolute atomic E-state index is 0.295. The molecule has 0 atom stereocenters. The fourth-order valence-electron chi connectivity index (χ4n) is 0.789. The summed E-state index contributed by atoms with van der Waals surface area (Å²) < 4.78 is 4.93. The second kappa shape index (κ2) is 3.92. The smallest absolute Gasteiger partial charge is 0.310 e. The molecule has 1 N–H and O–H groups in total. The standard InChI is InChI=1S/C8H11NO3/c1-3-12-9-8(10)7-6(2)4-5-11-7/h4-5H,3H2,1-2H3,(H,9,10). The van der Waals surface area contributed by atoms with Crippen molar-refractivity contribution in [1.29, 1.82) is 0 Å². The first kappa shape index (κ1) is 8.80. The highest BCUT2D eigenvalue weighted by atomic mass is 16.7. The van der Waals surface area contributed by atoms with Gasteiger partial charge in [0.1, 0.15) is 0 Å². The topological polar surface area (TPSA) is 51.5 Å². The first-order valence-corrected chi connectivity index (χ1v) is 3.72. The minimum atomic E-state index is -0.348. The van der Waals surface area contributed by atoms with Gasteiger partial charge in [0.2, 0.25) is 0 Å². The van der Waals surface area contributed by atoms with Gasteiger partial charge in [0.15, 0.2) is 5.76 Å². The van der Waals surface area contributed by atoms with Crippen LogP contribution in [-0.4, -0.2) is 12.5 Å². The normalized spacial score (nSPS) is 9.83. The van der Waals surface area contributed by atoms with Crippen LogP contribution in [0.5, 0.6) is 0 Å². The summed E-state index contributed by atoms with van der Waals surface area (Å²) in [4.78, 5) is 15.9. The van der Waals surface area contributed by atoms with Crippen molar-refractivity contribution < 1.29 is 14.0 Å². The number of amides is 1. The summed E-state index contributed by atoms with van der Waals surface area (Å²) in [6.07, 6.45) is 1.47. The molecule has 0 saturated heterocycles. The van der Waals surface area contributed by atoms with Crippen molar-refractivity contribution in [2.45, 2.75) is 13.8 Å². The van der Waals surface area contributed by atoms with Gasteiger partial charge in [-0.2, -0.15) is 0 Å². The predicted octanol–water partition coefficient (Wildman–Crippen LogP) is 1.27. The van der Waals surface area contributed by atoms with Crippen LogP contribution in [-0.2, 0) is 4.84 Å². The van der Waals surface area contributed by atoms with Crippen LogP contribution in [0.4, 0.5) is 0 Å². The van der Waals surface area contributed by atoms with Gasteiger partial charge in [-0.3, -0.25) is 9.63 Å². The maximum absolute atomic E-state index is 11.2. The average molecular weight is 169 g/mol. The van der Waals surface area contributed by atoms with Gasteiger partial charge >= 0.3 is 5.91 Å². The van der Waals surface area contributed by atoms with Crippen LogP contribution in [0.2, 0.25) is 0 Å². The third kappa shape index (κ3) is 1.85. The molecule has 1 rings (SSSR count). The lowest BCUT2D eigenvalue weighted by Gasteiger charge is -2.00. The summed E-state index contributed by atoms with van der Waals surface area (Å²) in [7, 11) is 0. The third-order valence-corrected chi connectivity index (χ3v) is 1.38. The third-order valence-electron chi connectivity index (χ3n) is 1.38. The molecule has 1 aromatic heterocycles. The first-order chi connectivity index (χ1) is 5.75. The summed E-state index contributed by atoms with van der Waals surface area (Å²) in [6, 6.07) is 1.72. The number of hydrogen-bond donors (Lipinski definition) is 1. The van der Waals surface area contributed by atoms with Crippen molar-refractivity contribution in [3.63, 3.8) is 0 Å². The minimum Gasteiger partial charge on any atom is -0.459 e. The van der Waals surface area contributed by atoms with Crippen molar-refractivity contribution in [1.82, 2.24) is 5.48 Å². The summed E-state index contributed by atoms with van der Waals surface area (Å²) in [6.45, 7) is 4.02. The van der Waals surface area contributed by atoms with Crippen molar-refractivity contribution in [3.8, 4) is 0 Å². The van der Waals surface area contributed by atoms with Crippen molar-refractivity contribution >= 4 is 5.91 Å². The number of furan rings is 1. The molecule has 0 bridgehead atoms. The van der Waals surface area contributed by atoms with Crippen LogP contribution in [0.1, 0.15) is 23.0 Å². The number of hydrogen-bond acceptors (Lipinski definition) is 3. The molecule has 1 heterocycles. The largest absolute Gasteiger partial charge is 0.459 e. The molecule has 1 amide bonds. The predicted molar refractivity (Wildman–Crippen MR) is 42.5 cm³/mol. The van der Waals surface area contributed by atoms with Gasteiger partial charge in [0.25, 0.3) is 0 Å². The number of aryl methyl sites for hydroxylation is 1. The van der Waals surface area contributed by atoms with Crippen LogP contribution in [0, 0.1) is 6.92 Å². The Labute approximate surface area is 70.5 Å². The molecule has 0 radical (unpaired) electrons. The Morgan fingerprint density at radius 1 is 1.75 bits per heavy atom. The summed E-state index contributed by atoms with van der Waals surface area (Å²) in [5.41, 5.74) is 3.04. The first-order valence-electron chi connectivity index (χ1n) is 3.72. The average Bonchev–Trinajstić information content (AvgIpc) is 2.47. The number of nitrogens with one attached hydrogen (secondary N) is 1. The van der Waals surface area contributed by atoms with Gasteiger partial charge in [-0.15, -0.1) is 0 Å². The molecule has 4 nitrogen and oxygen atoms in total. The van der Waals surface area contributed by atoms with Gasteiger partial charge in [-0.1, -0.05) is 0 Å². The molecule has 0 aliphatic rings. The Bertz CT molecular complexity index is 267. The Morgan fingerprint density at radius 3 is 3.00 bits per heavy atom. The van der Waals surface area contributed by atoms with Gasteiger partial charge in [-0.25, -0.2) is 5.48 Å². The maximum atomic E-state index is 11.2. The van der Waals surface area contributed by atoms with Crippen LogP contribution in [0.3, 0.4) is 0 Å². The number of carbonyl (C=O) groups excluding carboxylic acids is 1. The molecule has 4 heteroatoms. The van der Waals surface area contributed by atoms with Crippen LogP contribution in [0.15, 0.2) is 16.7 Å². The molecular weight excluding hydrogens is 158 g/mol. The highest BCUT2D eigenvalue weighted by molar-refractivity contribution is 5.91. The van der Waals surface area contributed by atoms with E-state index in [9.17, 15) is 4.79 Å². The molecule has 0 aromatic carbocycles. The molecule has 12 heavy (non-hydrogen) atoms. The lowest BCUT2D eigenvalue weighted by molar-refractivity contribution is 0.0340. The lowest BCUT2D eigenvalue weighted by Crippen LogP contribution is -2.23. The van der Waals surface area contributed by atoms with Crippen LogP contribution in [0.25, 0.3) is 0 Å². The van der Waals surface area contributed by atoms with E-state index >= 15 is 0 Å². The zero-order valence-corrected chi connectivity index (χ0v) is 7.09. The van der Waals surface area contributed by atoms with E-state index in [1.54, 1.807) is 19.9 Å². The molecule has 0 unspecified atom stereocenters. The highest BCUT2D eigenvalue weighted by Crippen LogP contribution is 2.07. The molecule has 1 aromatic rings. The SMILES string of the molecule is CCONC(=O)c1occc1C. The van der Waals surface area contributed by atoms with E-state index in [-0.39, 0.29) is 5.91 Å². The molecule has 0 aliphatic heterocycles. The fraction of sp³-hybridized carbons (Fsp3) is 0.375. The van der Waals surface area contributed by atoms with E-state index in [0.29, 0.717) is 12.4 Å². The Morgan fingerprint density at radius 2 is 2.50 bits per heavy atom. The lowest BCUT2D eigenvalue weighted by atomic mass is 10.3. The Hall–Kier alpha value is -1.29. The summed E-state index contributed by atoms with van der Waals surface area (Å²) in [5.74, 6) is -0.0530. The van der Waals surface area contributed by atoms with Crippen molar-refractivity contribution in [3.05, 3.63) is 23.7 Å². The van der Waals surface area contributed by atoms with E-state index in [0.717, 1.165) is 5.56 Å². The zero-order valence-electron chi connectivity index (χ0n) is 7.09. The number of hydroxylamine groups is 1. The second-order valence-corrected chi connectivity index (χ2v) is 2.30. The highest BCUT2D eigenvalue weighted by Gasteiger charge is 2.11. The van der Waals surface area contributed by atoms with Gasteiger partial charge in [-0.05, 0) is 19.9 Å². The summed E-state index contributed by atoms with van der Waals surface area (Å²) in [5, 5.41) is 0. The molecule has 0 aliphatic carbocycles. The van der Waals surface area contributed by atoms with Crippen molar-refractivity contribution in [2.24, 2.45) is 0 Å². The maximum Gasteiger partial charge on any atom is 0.310 e. The van der Waals surface area contributed by atoms with Gasteiger partial charge in [0, 0.05) is 5.56 Å². The number of carbonyl (C=O) groups is 1. The quantitative estimate of drug-likeness (QED) is 0.693. The van der Waals surface area contributed by atoms with E-state index in [4.69, 9.17) is 9.25 Å². The monoisotopic (exact) mass is 169 g/mol. The molecule has 66 valence electrons. The van der Waals surface area contributed by atoms with Crippen LogP contribution < -0.4 is 5.48 Å². The molecule has 0 fully saturated rings. The Balaban J connectivity index is 2.59. The fourth-order valence-corrected chi connectivity index (χ4v) is 0.789. The summed E-state index contributed by atoms with van der Waals surface area (Å²) >= 11 is 0. The Kier molecular flexibility index (Phi) is 2.88. The zero-order chi connectivity index (χ0) is 8.97. The van der Waals surface area contributed by atoms with E-state index in [2.05, 4.69) is 5.48 Å². The van der Waals surface area contributed by atoms with Crippen molar-refractivity contribution in [2.75, 3.05) is 6.61 Å². The molecule has 0 saturated carbocycles. The molecular formula is C8H11NO3. The molecule has 0 spiro atoms.